The highest BCUT2D eigenvalue weighted by Crippen LogP contribution is 2.26. The first kappa shape index (κ1) is 18.5. The minimum absolute atomic E-state index is 0.119. The number of methoxy groups -OCH3 is 1. The zero-order valence-electron chi connectivity index (χ0n) is 14.0. The second kappa shape index (κ2) is 8.30. The van der Waals surface area contributed by atoms with E-state index in [1.165, 1.54) is 29.6 Å². The third-order valence-corrected chi connectivity index (χ3v) is 5.92. The van der Waals surface area contributed by atoms with Gasteiger partial charge in [-0.2, -0.15) is 4.31 Å². The van der Waals surface area contributed by atoms with E-state index in [-0.39, 0.29) is 16.4 Å². The fourth-order valence-electron chi connectivity index (χ4n) is 2.72. The molecule has 1 aliphatic heterocycles. The number of rotatable bonds is 6. The summed E-state index contributed by atoms with van der Waals surface area (Å²) in [5.41, 5.74) is 0.204. The number of carbonyl (C=O) groups is 1. The minimum Gasteiger partial charge on any atom is -0.496 e. The Bertz CT molecular complexity index is 693. The molecule has 1 aromatic rings. The molecule has 132 valence electrons. The van der Waals surface area contributed by atoms with Gasteiger partial charge in [0.25, 0.3) is 5.91 Å². The number of carbonyl (C=O) groups excluding carboxylic acids is 1. The van der Waals surface area contributed by atoms with Gasteiger partial charge in [0.2, 0.25) is 10.0 Å². The van der Waals surface area contributed by atoms with E-state index in [0.717, 1.165) is 25.7 Å². The highest BCUT2D eigenvalue weighted by molar-refractivity contribution is 7.89. The zero-order chi connectivity index (χ0) is 17.6. The van der Waals surface area contributed by atoms with Crippen molar-refractivity contribution in [1.82, 2.24) is 9.62 Å². The van der Waals surface area contributed by atoms with Gasteiger partial charge in [-0.15, -0.1) is 6.58 Å². The molecule has 1 heterocycles. The quantitative estimate of drug-likeness (QED) is 0.796. The van der Waals surface area contributed by atoms with Crippen molar-refractivity contribution in [2.75, 3.05) is 26.7 Å². The normalized spacial score (nSPS) is 16.2. The summed E-state index contributed by atoms with van der Waals surface area (Å²) < 4.78 is 32.4. The number of nitrogens with zero attached hydrogens (tertiary/aromatic N) is 1. The predicted octanol–water partition coefficient (Wildman–Crippen LogP) is 2.18. The van der Waals surface area contributed by atoms with Crippen LogP contribution in [0.25, 0.3) is 0 Å². The average molecular weight is 352 g/mol. The fourth-order valence-corrected chi connectivity index (χ4v) is 4.26. The first-order chi connectivity index (χ1) is 11.5. The van der Waals surface area contributed by atoms with Crippen LogP contribution < -0.4 is 10.1 Å². The van der Waals surface area contributed by atoms with Crippen LogP contribution in [0.1, 0.15) is 36.0 Å². The molecule has 1 fully saturated rings. The second-order valence-corrected chi connectivity index (χ2v) is 7.62. The van der Waals surface area contributed by atoms with Gasteiger partial charge in [0.05, 0.1) is 17.6 Å². The molecule has 0 aromatic heterocycles. The molecule has 0 radical (unpaired) electrons. The Kier molecular flexibility index (Phi) is 6.39. The lowest BCUT2D eigenvalue weighted by molar-refractivity contribution is 0.0954. The van der Waals surface area contributed by atoms with Gasteiger partial charge in [-0.1, -0.05) is 18.9 Å². The van der Waals surface area contributed by atoms with E-state index in [4.69, 9.17) is 4.74 Å². The molecule has 2 rings (SSSR count). The Balaban J connectivity index is 2.35. The third kappa shape index (κ3) is 4.15. The van der Waals surface area contributed by atoms with Gasteiger partial charge < -0.3 is 10.1 Å². The Morgan fingerprint density at radius 2 is 1.96 bits per heavy atom. The van der Waals surface area contributed by atoms with Crippen LogP contribution >= 0.6 is 0 Å². The van der Waals surface area contributed by atoms with E-state index in [1.54, 1.807) is 6.08 Å². The molecular formula is C17H24N2O4S. The Morgan fingerprint density at radius 3 is 2.54 bits per heavy atom. The summed E-state index contributed by atoms with van der Waals surface area (Å²) in [5, 5.41) is 2.65. The Labute approximate surface area is 143 Å². The number of amides is 1. The van der Waals surface area contributed by atoms with Crippen LogP contribution in [0, 0.1) is 0 Å². The van der Waals surface area contributed by atoms with Crippen LogP contribution in [0.15, 0.2) is 35.7 Å². The largest absolute Gasteiger partial charge is 0.496 e. The molecule has 0 spiro atoms. The standard InChI is InChI=1S/C17H24N2O4S/c1-3-10-18-17(20)15-13-14(8-9-16(15)23-2)24(21,22)19-11-6-4-5-7-12-19/h3,8-9,13H,1,4-7,10-12H2,2H3,(H,18,20). The van der Waals surface area contributed by atoms with E-state index >= 15 is 0 Å². The molecule has 24 heavy (non-hydrogen) atoms. The van der Waals surface area contributed by atoms with E-state index < -0.39 is 10.0 Å². The predicted molar refractivity (Wildman–Crippen MR) is 92.8 cm³/mol. The zero-order valence-corrected chi connectivity index (χ0v) is 14.8. The summed E-state index contributed by atoms with van der Waals surface area (Å²) in [7, 11) is -2.16. The van der Waals surface area contributed by atoms with Crippen LogP contribution in [-0.4, -0.2) is 45.4 Å². The second-order valence-electron chi connectivity index (χ2n) is 5.68. The highest BCUT2D eigenvalue weighted by atomic mass is 32.2. The summed E-state index contributed by atoms with van der Waals surface area (Å²) >= 11 is 0. The molecule has 1 saturated heterocycles. The van der Waals surface area contributed by atoms with Crippen molar-refractivity contribution < 1.29 is 17.9 Å². The molecule has 0 unspecified atom stereocenters. The van der Waals surface area contributed by atoms with Crippen LogP contribution in [0.5, 0.6) is 5.75 Å². The average Bonchev–Trinajstić information content (AvgIpc) is 2.89. The molecule has 6 nitrogen and oxygen atoms in total. The number of sulfonamides is 1. The number of hydrogen-bond donors (Lipinski definition) is 1. The van der Waals surface area contributed by atoms with E-state index in [1.807, 2.05) is 0 Å². The van der Waals surface area contributed by atoms with Gasteiger partial charge in [-0.3, -0.25) is 4.79 Å². The Hall–Kier alpha value is -1.86. The van der Waals surface area contributed by atoms with Crippen molar-refractivity contribution in [2.24, 2.45) is 0 Å². The number of benzene rings is 1. The SMILES string of the molecule is C=CCNC(=O)c1cc(S(=O)(=O)N2CCCCCC2)ccc1OC. The summed E-state index contributed by atoms with van der Waals surface area (Å²) in [6.07, 6.45) is 5.38. The van der Waals surface area contributed by atoms with Crippen molar-refractivity contribution in [3.8, 4) is 5.75 Å². The summed E-state index contributed by atoms with van der Waals surface area (Å²) in [5.74, 6) is -0.0500. The van der Waals surface area contributed by atoms with E-state index in [0.29, 0.717) is 25.4 Å². The van der Waals surface area contributed by atoms with Crippen molar-refractivity contribution in [3.05, 3.63) is 36.4 Å². The number of ether oxygens (including phenoxy) is 1. The molecule has 0 atom stereocenters. The van der Waals surface area contributed by atoms with Crippen LogP contribution in [0.4, 0.5) is 0 Å². The van der Waals surface area contributed by atoms with Crippen LogP contribution in [0.2, 0.25) is 0 Å². The summed E-state index contributed by atoms with van der Waals surface area (Å²) in [4.78, 5) is 12.4. The maximum atomic E-state index is 12.9. The van der Waals surface area contributed by atoms with Crippen molar-refractivity contribution in [3.63, 3.8) is 0 Å². The number of nitrogens with one attached hydrogen (secondary N) is 1. The lowest BCUT2D eigenvalue weighted by atomic mass is 10.2. The van der Waals surface area contributed by atoms with Crippen molar-refractivity contribution in [2.45, 2.75) is 30.6 Å². The molecular weight excluding hydrogens is 328 g/mol. The fraction of sp³-hybridized carbons (Fsp3) is 0.471. The van der Waals surface area contributed by atoms with Crippen molar-refractivity contribution >= 4 is 15.9 Å². The van der Waals surface area contributed by atoms with Gasteiger partial charge in [-0.05, 0) is 31.0 Å². The van der Waals surface area contributed by atoms with E-state index in [9.17, 15) is 13.2 Å². The van der Waals surface area contributed by atoms with Gasteiger partial charge in [0, 0.05) is 19.6 Å². The van der Waals surface area contributed by atoms with Gasteiger partial charge >= 0.3 is 0 Å². The van der Waals surface area contributed by atoms with Crippen LogP contribution in [0.3, 0.4) is 0 Å². The summed E-state index contributed by atoms with van der Waals surface area (Å²) in [6.45, 7) is 4.88. The maximum Gasteiger partial charge on any atom is 0.255 e. The number of hydrogen-bond acceptors (Lipinski definition) is 4. The molecule has 0 saturated carbocycles. The maximum absolute atomic E-state index is 12.9. The lowest BCUT2D eigenvalue weighted by Crippen LogP contribution is -2.32. The first-order valence-electron chi connectivity index (χ1n) is 8.08. The van der Waals surface area contributed by atoms with E-state index in [2.05, 4.69) is 11.9 Å². The Morgan fingerprint density at radius 1 is 1.29 bits per heavy atom. The van der Waals surface area contributed by atoms with Crippen molar-refractivity contribution in [1.29, 1.82) is 0 Å². The van der Waals surface area contributed by atoms with Crippen LogP contribution in [-0.2, 0) is 10.0 Å². The van der Waals surface area contributed by atoms with Gasteiger partial charge in [-0.25, -0.2) is 8.42 Å². The molecule has 1 aromatic carbocycles. The first-order valence-corrected chi connectivity index (χ1v) is 9.52. The molecule has 1 N–H and O–H groups in total. The highest BCUT2D eigenvalue weighted by Gasteiger charge is 2.27. The molecule has 1 aliphatic rings. The van der Waals surface area contributed by atoms with Gasteiger partial charge in [0.15, 0.2) is 0 Å². The van der Waals surface area contributed by atoms with Gasteiger partial charge in [0.1, 0.15) is 5.75 Å². The monoisotopic (exact) mass is 352 g/mol. The summed E-state index contributed by atoms with van der Waals surface area (Å²) in [6, 6.07) is 4.40. The molecule has 0 aliphatic carbocycles. The topological polar surface area (TPSA) is 75.7 Å². The third-order valence-electron chi connectivity index (χ3n) is 4.03. The lowest BCUT2D eigenvalue weighted by Gasteiger charge is -2.20. The molecule has 7 heteroatoms. The molecule has 0 bridgehead atoms. The minimum atomic E-state index is -3.61. The molecule has 1 amide bonds. The smallest absolute Gasteiger partial charge is 0.255 e.